The van der Waals surface area contributed by atoms with Gasteiger partial charge in [-0.05, 0) is 39.5 Å². The van der Waals surface area contributed by atoms with Crippen LogP contribution in [0.2, 0.25) is 0 Å². The molecule has 2 fully saturated rings. The van der Waals surface area contributed by atoms with Crippen molar-refractivity contribution in [2.75, 3.05) is 25.6 Å². The van der Waals surface area contributed by atoms with Crippen molar-refractivity contribution in [3.05, 3.63) is 0 Å². The van der Waals surface area contributed by atoms with E-state index >= 15 is 0 Å². The number of carbonyl (C=O) groups excluding carboxylic acids is 1. The van der Waals surface area contributed by atoms with Crippen LogP contribution >= 0.6 is 11.6 Å². The van der Waals surface area contributed by atoms with Crippen LogP contribution in [0.5, 0.6) is 0 Å². The molecule has 0 aromatic carbocycles. The third kappa shape index (κ3) is 4.09. The molecule has 0 radical (unpaired) electrons. The van der Waals surface area contributed by atoms with Crippen LogP contribution in [-0.4, -0.2) is 54.2 Å². The highest BCUT2D eigenvalue weighted by Gasteiger charge is 2.37. The Bertz CT molecular complexity index is 342. The molecule has 4 nitrogen and oxygen atoms in total. The monoisotopic (exact) mass is 303 g/mol. The molecule has 0 spiro atoms. The van der Waals surface area contributed by atoms with E-state index in [1.54, 1.807) is 0 Å². The van der Waals surface area contributed by atoms with Crippen LogP contribution in [0.25, 0.3) is 0 Å². The Hall–Kier alpha value is -0.320. The second-order valence-corrected chi connectivity index (χ2v) is 6.86. The second kappa shape index (κ2) is 6.63. The van der Waals surface area contributed by atoms with Gasteiger partial charge in [0, 0.05) is 26.1 Å². The van der Waals surface area contributed by atoms with Crippen molar-refractivity contribution in [1.29, 1.82) is 0 Å². The zero-order chi connectivity index (χ0) is 14.8. The number of rotatable bonds is 5. The zero-order valence-electron chi connectivity index (χ0n) is 12.7. The number of hydrogen-bond donors (Lipinski definition) is 0. The second-order valence-electron chi connectivity index (χ2n) is 6.55. The summed E-state index contributed by atoms with van der Waals surface area (Å²) in [6.07, 6.45) is 2.99. The lowest BCUT2D eigenvalue weighted by atomic mass is 9.79. The summed E-state index contributed by atoms with van der Waals surface area (Å²) < 4.78 is 11.4. The van der Waals surface area contributed by atoms with Gasteiger partial charge in [0.1, 0.15) is 0 Å². The van der Waals surface area contributed by atoms with E-state index in [2.05, 4.69) is 0 Å². The molecule has 0 bridgehead atoms. The molecule has 1 saturated carbocycles. The van der Waals surface area contributed by atoms with Crippen LogP contribution < -0.4 is 0 Å². The van der Waals surface area contributed by atoms with Crippen LogP contribution in [0.1, 0.15) is 40.0 Å². The van der Waals surface area contributed by atoms with E-state index < -0.39 is 0 Å². The molecule has 0 N–H and O–H groups in total. The van der Waals surface area contributed by atoms with Gasteiger partial charge >= 0.3 is 0 Å². The highest BCUT2D eigenvalue weighted by atomic mass is 35.5. The molecular weight excluding hydrogens is 278 g/mol. The van der Waals surface area contributed by atoms with E-state index in [4.69, 9.17) is 21.1 Å². The minimum Gasteiger partial charge on any atom is -0.378 e. The van der Waals surface area contributed by atoms with Crippen molar-refractivity contribution in [3.63, 3.8) is 0 Å². The van der Waals surface area contributed by atoms with Crippen molar-refractivity contribution in [2.24, 2.45) is 5.92 Å². The van der Waals surface area contributed by atoms with E-state index in [9.17, 15) is 4.79 Å². The van der Waals surface area contributed by atoms with E-state index in [-0.39, 0.29) is 17.6 Å². The fraction of sp³-hybridized carbons (Fsp3) is 0.933. The van der Waals surface area contributed by atoms with E-state index in [0.29, 0.717) is 37.4 Å². The Morgan fingerprint density at radius 2 is 2.15 bits per heavy atom. The number of amides is 1. The smallest absolute Gasteiger partial charge is 0.223 e. The van der Waals surface area contributed by atoms with Gasteiger partial charge in [-0.1, -0.05) is 0 Å². The molecule has 0 aromatic heterocycles. The maximum absolute atomic E-state index is 12.4. The number of ether oxygens (including phenoxy) is 2. The fourth-order valence-corrected chi connectivity index (χ4v) is 3.32. The Balaban J connectivity index is 1.80. The molecule has 1 amide bonds. The largest absolute Gasteiger partial charge is 0.378 e. The van der Waals surface area contributed by atoms with Gasteiger partial charge in [-0.3, -0.25) is 4.79 Å². The lowest BCUT2D eigenvalue weighted by molar-refractivity contribution is -0.159. The van der Waals surface area contributed by atoms with Gasteiger partial charge in [0.2, 0.25) is 5.91 Å². The number of halogens is 1. The number of nitrogens with zero attached hydrogens (tertiary/aromatic N) is 1. The molecule has 116 valence electrons. The predicted octanol–water partition coefficient (Wildman–Crippen LogP) is 2.44. The van der Waals surface area contributed by atoms with Crippen LogP contribution in [0.3, 0.4) is 0 Å². The Morgan fingerprint density at radius 1 is 1.45 bits per heavy atom. The lowest BCUT2D eigenvalue weighted by Gasteiger charge is -2.43. The summed E-state index contributed by atoms with van der Waals surface area (Å²) in [4.78, 5) is 14.3. The summed E-state index contributed by atoms with van der Waals surface area (Å²) in [6.45, 7) is 8.08. The molecule has 1 aliphatic carbocycles. The summed E-state index contributed by atoms with van der Waals surface area (Å²) in [5.74, 6) is 1.15. The first kappa shape index (κ1) is 16.1. The summed E-state index contributed by atoms with van der Waals surface area (Å²) in [7, 11) is 0. The normalized spacial score (nSPS) is 32.8. The first-order valence-electron chi connectivity index (χ1n) is 7.56. The molecule has 2 aliphatic rings. The Kier molecular flexibility index (Phi) is 5.32. The highest BCUT2D eigenvalue weighted by molar-refractivity contribution is 6.18. The van der Waals surface area contributed by atoms with E-state index in [1.807, 2.05) is 25.7 Å². The van der Waals surface area contributed by atoms with Gasteiger partial charge in [0.15, 0.2) is 0 Å². The number of alkyl halides is 1. The molecule has 1 heterocycles. The van der Waals surface area contributed by atoms with Crippen LogP contribution in [0.4, 0.5) is 0 Å². The summed E-state index contributed by atoms with van der Waals surface area (Å²) >= 11 is 5.90. The number of morpholine rings is 1. The third-order valence-electron chi connectivity index (χ3n) is 4.06. The molecule has 0 aromatic rings. The Morgan fingerprint density at radius 3 is 2.75 bits per heavy atom. The first-order valence-corrected chi connectivity index (χ1v) is 8.10. The van der Waals surface area contributed by atoms with Gasteiger partial charge in [-0.15, -0.1) is 11.6 Å². The third-order valence-corrected chi connectivity index (χ3v) is 4.41. The van der Waals surface area contributed by atoms with Crippen molar-refractivity contribution in [3.8, 4) is 0 Å². The number of carbonyl (C=O) groups is 1. The van der Waals surface area contributed by atoms with Gasteiger partial charge in [0.05, 0.1) is 23.7 Å². The standard InChI is InChI=1S/C15H26ClNO3/c1-4-19-12-5-11(6-12)7-14(18)17-9-13(8-16)20-15(2,3)10-17/h11-13H,4-10H2,1-3H3. The van der Waals surface area contributed by atoms with Crippen molar-refractivity contribution in [1.82, 2.24) is 4.90 Å². The van der Waals surface area contributed by atoms with Gasteiger partial charge in [-0.2, -0.15) is 0 Å². The SMILES string of the molecule is CCOC1CC(CC(=O)N2CC(CCl)OC(C)(C)C2)C1. The molecule has 20 heavy (non-hydrogen) atoms. The highest BCUT2D eigenvalue weighted by Crippen LogP contribution is 2.33. The molecular formula is C15H26ClNO3. The van der Waals surface area contributed by atoms with Gasteiger partial charge < -0.3 is 14.4 Å². The van der Waals surface area contributed by atoms with Crippen LogP contribution in [-0.2, 0) is 14.3 Å². The van der Waals surface area contributed by atoms with Crippen molar-refractivity contribution in [2.45, 2.75) is 57.8 Å². The summed E-state index contributed by atoms with van der Waals surface area (Å²) in [6, 6.07) is 0. The van der Waals surface area contributed by atoms with Gasteiger partial charge in [0.25, 0.3) is 0 Å². The minimum absolute atomic E-state index is 0.0538. The molecule has 1 aliphatic heterocycles. The van der Waals surface area contributed by atoms with Crippen molar-refractivity contribution >= 4 is 17.5 Å². The molecule has 5 heteroatoms. The number of hydrogen-bond acceptors (Lipinski definition) is 3. The van der Waals surface area contributed by atoms with Crippen molar-refractivity contribution < 1.29 is 14.3 Å². The molecule has 2 rings (SSSR count). The van der Waals surface area contributed by atoms with E-state index in [0.717, 1.165) is 19.4 Å². The van der Waals surface area contributed by atoms with E-state index in [1.165, 1.54) is 0 Å². The zero-order valence-corrected chi connectivity index (χ0v) is 13.5. The molecule has 1 atom stereocenters. The maximum atomic E-state index is 12.4. The minimum atomic E-state index is -0.305. The lowest BCUT2D eigenvalue weighted by Crippen LogP contribution is -2.55. The fourth-order valence-electron chi connectivity index (χ4n) is 3.16. The average Bonchev–Trinajstić information content (AvgIpc) is 2.34. The Labute approximate surface area is 126 Å². The molecule has 1 unspecified atom stereocenters. The predicted molar refractivity (Wildman–Crippen MR) is 79.0 cm³/mol. The van der Waals surface area contributed by atoms with Crippen LogP contribution in [0.15, 0.2) is 0 Å². The van der Waals surface area contributed by atoms with Gasteiger partial charge in [-0.25, -0.2) is 0 Å². The quantitative estimate of drug-likeness (QED) is 0.732. The maximum Gasteiger partial charge on any atom is 0.223 e. The summed E-state index contributed by atoms with van der Waals surface area (Å²) in [5, 5.41) is 0. The molecule has 1 saturated heterocycles. The van der Waals surface area contributed by atoms with Crippen LogP contribution in [0, 0.1) is 5.92 Å². The first-order chi connectivity index (χ1) is 9.43. The summed E-state index contributed by atoms with van der Waals surface area (Å²) in [5.41, 5.74) is -0.305. The topological polar surface area (TPSA) is 38.8 Å². The average molecular weight is 304 g/mol.